The maximum absolute atomic E-state index is 12.7. The lowest BCUT2D eigenvalue weighted by molar-refractivity contribution is 0.184. The zero-order valence-corrected chi connectivity index (χ0v) is 10.1. The smallest absolute Gasteiger partial charge is 0.123 e. The highest BCUT2D eigenvalue weighted by Crippen LogP contribution is 2.28. The predicted octanol–water partition coefficient (Wildman–Crippen LogP) is 2.97. The zero-order valence-electron chi connectivity index (χ0n) is 10.1. The molecular weight excluding hydrogens is 217 g/mol. The zero-order chi connectivity index (χ0) is 12.1. The molecule has 94 valence electrons. The Bertz CT molecular complexity index is 331. The van der Waals surface area contributed by atoms with Gasteiger partial charge in [0.2, 0.25) is 0 Å². The Balaban J connectivity index is 1.74. The molecular formula is C14H20FNO. The number of hydrogen-bond donors (Lipinski definition) is 1. The quantitative estimate of drug-likeness (QED) is 0.873. The SMILES string of the molecule is NCC1CCC(COc2ccc(F)cc2)CC1. The second kappa shape index (κ2) is 6.01. The topological polar surface area (TPSA) is 35.2 Å². The van der Waals surface area contributed by atoms with Crippen LogP contribution in [0.5, 0.6) is 5.75 Å². The maximum atomic E-state index is 12.7. The van der Waals surface area contributed by atoms with Crippen molar-refractivity contribution in [2.45, 2.75) is 25.7 Å². The van der Waals surface area contributed by atoms with Gasteiger partial charge >= 0.3 is 0 Å². The minimum atomic E-state index is -0.221. The third-order valence-electron chi connectivity index (χ3n) is 3.60. The van der Waals surface area contributed by atoms with Crippen molar-refractivity contribution in [3.8, 4) is 5.75 Å². The first kappa shape index (κ1) is 12.4. The van der Waals surface area contributed by atoms with Crippen molar-refractivity contribution in [2.24, 2.45) is 17.6 Å². The number of halogens is 1. The molecule has 1 aromatic carbocycles. The Morgan fingerprint density at radius 3 is 2.24 bits per heavy atom. The number of benzene rings is 1. The van der Waals surface area contributed by atoms with Gasteiger partial charge in [-0.25, -0.2) is 4.39 Å². The van der Waals surface area contributed by atoms with E-state index < -0.39 is 0 Å². The highest BCUT2D eigenvalue weighted by Gasteiger charge is 2.20. The van der Waals surface area contributed by atoms with E-state index >= 15 is 0 Å². The summed E-state index contributed by atoms with van der Waals surface area (Å²) in [7, 11) is 0. The number of ether oxygens (including phenoxy) is 1. The molecule has 0 amide bonds. The minimum Gasteiger partial charge on any atom is -0.493 e. The molecule has 0 aromatic heterocycles. The van der Waals surface area contributed by atoms with E-state index in [4.69, 9.17) is 10.5 Å². The third kappa shape index (κ3) is 3.70. The van der Waals surface area contributed by atoms with Crippen LogP contribution < -0.4 is 10.5 Å². The van der Waals surface area contributed by atoms with Crippen molar-refractivity contribution in [2.75, 3.05) is 13.2 Å². The molecule has 0 unspecified atom stereocenters. The number of rotatable bonds is 4. The second-order valence-corrected chi connectivity index (χ2v) is 4.89. The van der Waals surface area contributed by atoms with E-state index in [-0.39, 0.29) is 5.82 Å². The monoisotopic (exact) mass is 237 g/mol. The molecule has 0 bridgehead atoms. The molecule has 1 aromatic rings. The van der Waals surface area contributed by atoms with Crippen LogP contribution in [-0.4, -0.2) is 13.2 Å². The molecule has 1 aliphatic carbocycles. The Hall–Kier alpha value is -1.09. The molecule has 0 aliphatic heterocycles. The molecule has 3 heteroatoms. The van der Waals surface area contributed by atoms with Gasteiger partial charge in [0.25, 0.3) is 0 Å². The fraction of sp³-hybridized carbons (Fsp3) is 0.571. The van der Waals surface area contributed by atoms with Crippen LogP contribution in [-0.2, 0) is 0 Å². The lowest BCUT2D eigenvalue weighted by Gasteiger charge is -2.27. The van der Waals surface area contributed by atoms with Gasteiger partial charge in [0.05, 0.1) is 6.61 Å². The van der Waals surface area contributed by atoms with Crippen molar-refractivity contribution >= 4 is 0 Å². The number of hydrogen-bond acceptors (Lipinski definition) is 2. The lowest BCUT2D eigenvalue weighted by Crippen LogP contribution is -2.24. The first-order chi connectivity index (χ1) is 8.28. The summed E-state index contributed by atoms with van der Waals surface area (Å²) in [6.07, 6.45) is 4.83. The van der Waals surface area contributed by atoms with E-state index in [9.17, 15) is 4.39 Å². The summed E-state index contributed by atoms with van der Waals surface area (Å²) in [5, 5.41) is 0. The predicted molar refractivity (Wildman–Crippen MR) is 66.4 cm³/mol. The molecule has 17 heavy (non-hydrogen) atoms. The van der Waals surface area contributed by atoms with E-state index in [1.54, 1.807) is 12.1 Å². The highest BCUT2D eigenvalue weighted by atomic mass is 19.1. The van der Waals surface area contributed by atoms with Crippen LogP contribution in [0, 0.1) is 17.7 Å². The molecule has 1 saturated carbocycles. The Morgan fingerprint density at radius 1 is 1.06 bits per heavy atom. The van der Waals surface area contributed by atoms with Gasteiger partial charge in [-0.05, 0) is 68.3 Å². The Kier molecular flexibility index (Phi) is 4.37. The summed E-state index contributed by atoms with van der Waals surface area (Å²) < 4.78 is 18.4. The van der Waals surface area contributed by atoms with Crippen LogP contribution in [0.15, 0.2) is 24.3 Å². The first-order valence-electron chi connectivity index (χ1n) is 6.36. The average molecular weight is 237 g/mol. The molecule has 1 fully saturated rings. The van der Waals surface area contributed by atoms with Crippen molar-refractivity contribution in [1.29, 1.82) is 0 Å². The fourth-order valence-electron chi connectivity index (χ4n) is 2.38. The van der Waals surface area contributed by atoms with E-state index in [1.165, 1.54) is 37.8 Å². The summed E-state index contributed by atoms with van der Waals surface area (Å²) in [6, 6.07) is 6.23. The van der Waals surface area contributed by atoms with Crippen LogP contribution in [0.2, 0.25) is 0 Å². The lowest BCUT2D eigenvalue weighted by atomic mass is 9.82. The van der Waals surface area contributed by atoms with Crippen LogP contribution in [0.3, 0.4) is 0 Å². The molecule has 2 N–H and O–H groups in total. The normalized spacial score (nSPS) is 24.6. The molecule has 0 radical (unpaired) electrons. The fourth-order valence-corrected chi connectivity index (χ4v) is 2.38. The molecule has 0 spiro atoms. The van der Waals surface area contributed by atoms with Crippen LogP contribution in [0.4, 0.5) is 4.39 Å². The van der Waals surface area contributed by atoms with Crippen molar-refractivity contribution in [3.05, 3.63) is 30.1 Å². The average Bonchev–Trinajstić information content (AvgIpc) is 2.39. The first-order valence-corrected chi connectivity index (χ1v) is 6.36. The van der Waals surface area contributed by atoms with Crippen LogP contribution >= 0.6 is 0 Å². The van der Waals surface area contributed by atoms with Crippen molar-refractivity contribution in [1.82, 2.24) is 0 Å². The standard InChI is InChI=1S/C14H20FNO/c15-13-5-7-14(8-6-13)17-10-12-3-1-11(9-16)2-4-12/h5-8,11-12H,1-4,9-10,16H2. The maximum Gasteiger partial charge on any atom is 0.123 e. The largest absolute Gasteiger partial charge is 0.493 e. The summed E-state index contributed by atoms with van der Waals surface area (Å²) >= 11 is 0. The van der Waals surface area contributed by atoms with E-state index in [0.717, 1.165) is 18.9 Å². The summed E-state index contributed by atoms with van der Waals surface area (Å²) in [4.78, 5) is 0. The van der Waals surface area contributed by atoms with Gasteiger partial charge in [0.15, 0.2) is 0 Å². The Labute approximate surface area is 102 Å². The third-order valence-corrected chi connectivity index (χ3v) is 3.60. The minimum absolute atomic E-state index is 0.221. The second-order valence-electron chi connectivity index (χ2n) is 4.89. The molecule has 2 nitrogen and oxygen atoms in total. The summed E-state index contributed by atoms with van der Waals surface area (Å²) in [5.41, 5.74) is 5.66. The van der Waals surface area contributed by atoms with Crippen LogP contribution in [0.1, 0.15) is 25.7 Å². The van der Waals surface area contributed by atoms with Gasteiger partial charge in [0, 0.05) is 0 Å². The molecule has 0 heterocycles. The summed E-state index contributed by atoms with van der Waals surface area (Å²) in [6.45, 7) is 1.55. The van der Waals surface area contributed by atoms with Gasteiger partial charge in [-0.1, -0.05) is 0 Å². The molecule has 2 rings (SSSR count). The number of nitrogens with two attached hydrogens (primary N) is 1. The van der Waals surface area contributed by atoms with Gasteiger partial charge in [-0.15, -0.1) is 0 Å². The highest BCUT2D eigenvalue weighted by molar-refractivity contribution is 5.22. The molecule has 0 saturated heterocycles. The van der Waals surface area contributed by atoms with Gasteiger partial charge in [-0.2, -0.15) is 0 Å². The molecule has 0 atom stereocenters. The van der Waals surface area contributed by atoms with E-state index in [0.29, 0.717) is 11.8 Å². The van der Waals surface area contributed by atoms with E-state index in [1.807, 2.05) is 0 Å². The van der Waals surface area contributed by atoms with Gasteiger partial charge in [0.1, 0.15) is 11.6 Å². The summed E-state index contributed by atoms with van der Waals surface area (Å²) in [5.74, 6) is 1.87. The van der Waals surface area contributed by atoms with Gasteiger partial charge < -0.3 is 10.5 Å². The van der Waals surface area contributed by atoms with Gasteiger partial charge in [-0.3, -0.25) is 0 Å². The van der Waals surface area contributed by atoms with Crippen LogP contribution in [0.25, 0.3) is 0 Å². The Morgan fingerprint density at radius 2 is 1.65 bits per heavy atom. The van der Waals surface area contributed by atoms with Crippen molar-refractivity contribution in [3.63, 3.8) is 0 Å². The molecule has 1 aliphatic rings. The van der Waals surface area contributed by atoms with E-state index in [2.05, 4.69) is 0 Å². The van der Waals surface area contributed by atoms with Crippen molar-refractivity contribution < 1.29 is 9.13 Å².